The monoisotopic (exact) mass is 311 g/mol. The maximum Gasteiger partial charge on any atom is 0.143 e. The summed E-state index contributed by atoms with van der Waals surface area (Å²) < 4.78 is 5.58. The summed E-state index contributed by atoms with van der Waals surface area (Å²) >= 11 is 12.6. The highest BCUT2D eigenvalue weighted by Crippen LogP contribution is 2.42. The molecule has 0 radical (unpaired) electrons. The zero-order valence-electron chi connectivity index (χ0n) is 12.4. The summed E-state index contributed by atoms with van der Waals surface area (Å²) in [6.45, 7) is 10.6. The van der Waals surface area contributed by atoms with Crippen LogP contribution < -0.4 is 0 Å². The number of rotatable bonds is 2. The van der Waals surface area contributed by atoms with Crippen LogP contribution in [0.1, 0.15) is 51.9 Å². The minimum absolute atomic E-state index is 0.0998. The summed E-state index contributed by atoms with van der Waals surface area (Å²) in [5.41, 5.74) is 2.47. The van der Waals surface area contributed by atoms with E-state index in [2.05, 4.69) is 39.8 Å². The molecule has 0 saturated carbocycles. The Morgan fingerprint density at radius 1 is 1.10 bits per heavy atom. The molecule has 1 aromatic heterocycles. The van der Waals surface area contributed by atoms with Crippen molar-refractivity contribution in [3.63, 3.8) is 0 Å². The average Bonchev–Trinajstić information content (AvgIpc) is 2.73. The van der Waals surface area contributed by atoms with Gasteiger partial charge in [-0.05, 0) is 17.5 Å². The smallest absolute Gasteiger partial charge is 0.143 e. The topological polar surface area (TPSA) is 26.0 Å². The van der Waals surface area contributed by atoms with Crippen LogP contribution in [0.15, 0.2) is 22.7 Å². The molecule has 0 fully saturated rings. The second-order valence-corrected chi connectivity index (χ2v) is 7.09. The lowest BCUT2D eigenvalue weighted by Crippen LogP contribution is -2.14. The number of halogens is 2. The van der Waals surface area contributed by atoms with E-state index in [4.69, 9.17) is 27.7 Å². The van der Waals surface area contributed by atoms with Crippen molar-refractivity contribution in [2.75, 3.05) is 0 Å². The Labute approximate surface area is 130 Å². The largest absolute Gasteiger partial charge is 0.360 e. The molecular formula is C16H19Cl2NO. The number of hydrogen-bond acceptors (Lipinski definition) is 2. The molecule has 2 nitrogen and oxygen atoms in total. The fourth-order valence-electron chi connectivity index (χ4n) is 2.32. The van der Waals surface area contributed by atoms with Gasteiger partial charge in [-0.15, -0.1) is 0 Å². The second kappa shape index (κ2) is 5.42. The second-order valence-electron chi connectivity index (χ2n) is 6.27. The van der Waals surface area contributed by atoms with Gasteiger partial charge in [0.05, 0.1) is 10.0 Å². The molecule has 0 aliphatic rings. The Hall–Kier alpha value is -0.990. The molecule has 0 N–H and O–H groups in total. The minimum Gasteiger partial charge on any atom is -0.360 e. The Balaban J connectivity index is 2.76. The first-order valence-corrected chi connectivity index (χ1v) is 7.43. The van der Waals surface area contributed by atoms with E-state index in [1.165, 1.54) is 0 Å². The summed E-state index contributed by atoms with van der Waals surface area (Å²) in [4.78, 5) is 0. The Kier molecular flexibility index (Phi) is 4.17. The van der Waals surface area contributed by atoms with Crippen molar-refractivity contribution in [2.45, 2.75) is 46.0 Å². The van der Waals surface area contributed by atoms with Gasteiger partial charge in [-0.2, -0.15) is 0 Å². The first-order valence-electron chi connectivity index (χ1n) is 6.68. The predicted octanol–water partition coefficient (Wildman–Crippen LogP) is 6.07. The predicted molar refractivity (Wildman–Crippen MR) is 84.7 cm³/mol. The lowest BCUT2D eigenvalue weighted by Gasteiger charge is -2.21. The lowest BCUT2D eigenvalue weighted by atomic mass is 9.82. The highest BCUT2D eigenvalue weighted by Gasteiger charge is 2.30. The first kappa shape index (κ1) is 15.4. The van der Waals surface area contributed by atoms with Crippen LogP contribution >= 0.6 is 23.2 Å². The molecule has 0 bridgehead atoms. The van der Waals surface area contributed by atoms with E-state index < -0.39 is 0 Å². The molecule has 0 unspecified atom stereocenters. The van der Waals surface area contributed by atoms with Gasteiger partial charge in [-0.1, -0.05) is 69.0 Å². The van der Waals surface area contributed by atoms with Crippen molar-refractivity contribution in [2.24, 2.45) is 0 Å². The maximum absolute atomic E-state index is 6.31. The normalized spacial score (nSPS) is 12.2. The summed E-state index contributed by atoms with van der Waals surface area (Å²) in [5.74, 6) is 1.15. The van der Waals surface area contributed by atoms with Crippen molar-refractivity contribution < 1.29 is 4.52 Å². The van der Waals surface area contributed by atoms with Crippen molar-refractivity contribution in [1.82, 2.24) is 5.16 Å². The fraction of sp³-hybridized carbons (Fsp3) is 0.438. The van der Waals surface area contributed by atoms with Gasteiger partial charge in [0, 0.05) is 17.0 Å². The molecule has 1 aromatic carbocycles. The Morgan fingerprint density at radius 2 is 1.65 bits per heavy atom. The zero-order chi connectivity index (χ0) is 15.1. The highest BCUT2D eigenvalue weighted by molar-refractivity contribution is 6.39. The molecule has 2 rings (SSSR count). The Morgan fingerprint density at radius 3 is 2.10 bits per heavy atom. The van der Waals surface area contributed by atoms with Gasteiger partial charge in [-0.3, -0.25) is 0 Å². The summed E-state index contributed by atoms with van der Waals surface area (Å²) in [6.07, 6.45) is 0. The van der Waals surface area contributed by atoms with E-state index in [0.29, 0.717) is 10.0 Å². The van der Waals surface area contributed by atoms with Gasteiger partial charge in [0.15, 0.2) is 0 Å². The van der Waals surface area contributed by atoms with Crippen LogP contribution in [-0.2, 0) is 5.41 Å². The van der Waals surface area contributed by atoms with E-state index >= 15 is 0 Å². The van der Waals surface area contributed by atoms with Gasteiger partial charge in [0.25, 0.3) is 0 Å². The molecule has 2 aromatic rings. The highest BCUT2D eigenvalue weighted by atomic mass is 35.5. The quantitative estimate of drug-likeness (QED) is 0.672. The van der Waals surface area contributed by atoms with E-state index in [1.54, 1.807) is 0 Å². The van der Waals surface area contributed by atoms with E-state index in [0.717, 1.165) is 22.6 Å². The molecule has 108 valence electrons. The SMILES string of the molecule is CC(C)c1onc(-c2c(Cl)cccc2Cl)c1C(C)(C)C. The van der Waals surface area contributed by atoms with Gasteiger partial charge in [0.2, 0.25) is 0 Å². The van der Waals surface area contributed by atoms with Crippen molar-refractivity contribution in [3.05, 3.63) is 39.6 Å². The standard InChI is InChI=1S/C16H19Cl2NO/c1-9(2)15-13(16(3,4)5)14(19-20-15)12-10(17)7-6-8-11(12)18/h6-9H,1-5H3. The van der Waals surface area contributed by atoms with Crippen LogP contribution in [0.2, 0.25) is 10.0 Å². The van der Waals surface area contributed by atoms with Crippen LogP contribution in [0.5, 0.6) is 0 Å². The molecular weight excluding hydrogens is 293 g/mol. The van der Waals surface area contributed by atoms with E-state index in [-0.39, 0.29) is 11.3 Å². The third kappa shape index (κ3) is 2.72. The lowest BCUT2D eigenvalue weighted by molar-refractivity contribution is 0.366. The van der Waals surface area contributed by atoms with Gasteiger partial charge < -0.3 is 4.52 Å². The third-order valence-electron chi connectivity index (χ3n) is 3.19. The number of aromatic nitrogens is 1. The zero-order valence-corrected chi connectivity index (χ0v) is 13.9. The molecule has 4 heteroatoms. The number of hydrogen-bond donors (Lipinski definition) is 0. The van der Waals surface area contributed by atoms with Crippen molar-refractivity contribution in [3.8, 4) is 11.3 Å². The van der Waals surface area contributed by atoms with Crippen molar-refractivity contribution in [1.29, 1.82) is 0 Å². The van der Waals surface area contributed by atoms with Crippen LogP contribution in [0, 0.1) is 0 Å². The molecule has 0 aliphatic heterocycles. The van der Waals surface area contributed by atoms with Gasteiger partial charge in [0.1, 0.15) is 11.5 Å². The van der Waals surface area contributed by atoms with Crippen molar-refractivity contribution >= 4 is 23.2 Å². The number of nitrogens with zero attached hydrogens (tertiary/aromatic N) is 1. The average molecular weight is 312 g/mol. The van der Waals surface area contributed by atoms with Crippen LogP contribution in [0.25, 0.3) is 11.3 Å². The molecule has 0 spiro atoms. The third-order valence-corrected chi connectivity index (χ3v) is 3.82. The summed E-state index contributed by atoms with van der Waals surface area (Å²) in [7, 11) is 0. The first-order chi connectivity index (χ1) is 9.23. The molecule has 1 heterocycles. The summed E-state index contributed by atoms with van der Waals surface area (Å²) in [5, 5.41) is 5.43. The molecule has 0 saturated heterocycles. The van der Waals surface area contributed by atoms with E-state index in [1.807, 2.05) is 18.2 Å². The van der Waals surface area contributed by atoms with E-state index in [9.17, 15) is 0 Å². The molecule has 0 amide bonds. The van der Waals surface area contributed by atoms with Crippen LogP contribution in [0.3, 0.4) is 0 Å². The maximum atomic E-state index is 6.31. The Bertz CT molecular complexity index is 604. The van der Waals surface area contributed by atoms with Crippen LogP contribution in [-0.4, -0.2) is 5.16 Å². The summed E-state index contributed by atoms with van der Waals surface area (Å²) in [6, 6.07) is 5.46. The molecule has 0 atom stereocenters. The molecule has 0 aliphatic carbocycles. The minimum atomic E-state index is -0.0998. The fourth-order valence-corrected chi connectivity index (χ4v) is 2.89. The molecule has 20 heavy (non-hydrogen) atoms. The number of benzene rings is 1. The van der Waals surface area contributed by atoms with Crippen LogP contribution in [0.4, 0.5) is 0 Å². The van der Waals surface area contributed by atoms with Gasteiger partial charge in [-0.25, -0.2) is 0 Å². The van der Waals surface area contributed by atoms with Gasteiger partial charge >= 0.3 is 0 Å².